The minimum absolute atomic E-state index is 0.0541. The SMILES string of the molecule is CCOc1ccc(C(=O)[O-])cn1. The minimum Gasteiger partial charge on any atom is -0.545 e. The molecule has 1 aromatic rings. The molecule has 64 valence electrons. The molecular formula is C8H8NO3-. The molecule has 0 saturated heterocycles. The van der Waals surface area contributed by atoms with E-state index in [0.717, 1.165) is 0 Å². The Hall–Kier alpha value is -1.58. The molecule has 0 radical (unpaired) electrons. The monoisotopic (exact) mass is 166 g/mol. The number of pyridine rings is 1. The van der Waals surface area contributed by atoms with Gasteiger partial charge in [-0.3, -0.25) is 0 Å². The first kappa shape index (κ1) is 8.52. The van der Waals surface area contributed by atoms with Crippen molar-refractivity contribution in [2.45, 2.75) is 6.92 Å². The largest absolute Gasteiger partial charge is 0.545 e. The van der Waals surface area contributed by atoms with Gasteiger partial charge in [0.25, 0.3) is 0 Å². The second-order valence-corrected chi connectivity index (χ2v) is 2.11. The van der Waals surface area contributed by atoms with E-state index < -0.39 is 5.97 Å². The molecule has 1 heterocycles. The first-order valence-corrected chi connectivity index (χ1v) is 3.54. The van der Waals surface area contributed by atoms with E-state index in [1.807, 2.05) is 6.92 Å². The fourth-order valence-electron chi connectivity index (χ4n) is 0.734. The molecule has 4 nitrogen and oxygen atoms in total. The van der Waals surface area contributed by atoms with Gasteiger partial charge in [-0.25, -0.2) is 4.98 Å². The maximum Gasteiger partial charge on any atom is 0.213 e. The van der Waals surface area contributed by atoms with Gasteiger partial charge in [-0.1, -0.05) is 0 Å². The number of hydrogen-bond donors (Lipinski definition) is 0. The van der Waals surface area contributed by atoms with Crippen molar-refractivity contribution in [2.24, 2.45) is 0 Å². The van der Waals surface area contributed by atoms with Gasteiger partial charge in [-0.15, -0.1) is 0 Å². The van der Waals surface area contributed by atoms with Crippen LogP contribution in [-0.2, 0) is 0 Å². The maximum atomic E-state index is 10.3. The summed E-state index contributed by atoms with van der Waals surface area (Å²) in [5, 5.41) is 10.3. The van der Waals surface area contributed by atoms with Gasteiger partial charge >= 0.3 is 0 Å². The Morgan fingerprint density at radius 3 is 2.83 bits per heavy atom. The van der Waals surface area contributed by atoms with Gasteiger partial charge in [-0.2, -0.15) is 0 Å². The highest BCUT2D eigenvalue weighted by Gasteiger charge is 1.95. The van der Waals surface area contributed by atoms with Gasteiger partial charge in [-0.05, 0) is 13.0 Å². The van der Waals surface area contributed by atoms with Crippen molar-refractivity contribution in [3.63, 3.8) is 0 Å². The summed E-state index contributed by atoms with van der Waals surface area (Å²) in [6.45, 7) is 2.34. The highest BCUT2D eigenvalue weighted by Crippen LogP contribution is 2.06. The molecule has 1 aromatic heterocycles. The summed E-state index contributed by atoms with van der Waals surface area (Å²) in [7, 11) is 0. The molecule has 0 fully saturated rings. The first-order chi connectivity index (χ1) is 5.74. The summed E-state index contributed by atoms with van der Waals surface area (Å²) in [6.07, 6.45) is 1.21. The van der Waals surface area contributed by atoms with Crippen LogP contribution in [0.15, 0.2) is 18.3 Å². The molecule has 0 aliphatic rings. The molecule has 0 N–H and O–H groups in total. The first-order valence-electron chi connectivity index (χ1n) is 3.54. The van der Waals surface area contributed by atoms with Crippen LogP contribution in [0.3, 0.4) is 0 Å². The molecule has 0 atom stereocenters. The zero-order chi connectivity index (χ0) is 8.97. The molecular weight excluding hydrogens is 158 g/mol. The van der Waals surface area contributed by atoms with Crippen LogP contribution in [0.5, 0.6) is 5.88 Å². The number of carboxylic acids is 1. The molecule has 0 amide bonds. The number of nitrogens with zero attached hydrogens (tertiary/aromatic N) is 1. The fraction of sp³-hybridized carbons (Fsp3) is 0.250. The molecule has 0 bridgehead atoms. The molecule has 12 heavy (non-hydrogen) atoms. The van der Waals surface area contributed by atoms with Crippen molar-refractivity contribution >= 4 is 5.97 Å². The number of rotatable bonds is 3. The zero-order valence-electron chi connectivity index (χ0n) is 6.61. The normalized spacial score (nSPS) is 9.42. The number of carbonyl (C=O) groups excluding carboxylic acids is 1. The predicted molar refractivity (Wildman–Crippen MR) is 39.7 cm³/mol. The summed E-state index contributed by atoms with van der Waals surface area (Å²) in [5.41, 5.74) is 0.0541. The van der Waals surface area contributed by atoms with Gasteiger partial charge < -0.3 is 14.6 Å². The molecule has 0 aromatic carbocycles. The summed E-state index contributed by atoms with van der Waals surface area (Å²) in [6, 6.07) is 2.89. The van der Waals surface area contributed by atoms with Crippen LogP contribution in [-0.4, -0.2) is 17.6 Å². The van der Waals surface area contributed by atoms with Crippen LogP contribution in [0, 0.1) is 0 Å². The zero-order valence-corrected chi connectivity index (χ0v) is 6.61. The Morgan fingerprint density at radius 1 is 1.67 bits per heavy atom. The van der Waals surface area contributed by atoms with Crippen molar-refractivity contribution in [3.8, 4) is 5.88 Å². The Labute approximate surface area is 69.8 Å². The number of aromatic nitrogens is 1. The molecule has 0 saturated carbocycles. The average molecular weight is 166 g/mol. The van der Waals surface area contributed by atoms with E-state index in [1.165, 1.54) is 18.3 Å². The van der Waals surface area contributed by atoms with Crippen molar-refractivity contribution in [1.29, 1.82) is 0 Å². The van der Waals surface area contributed by atoms with E-state index in [1.54, 1.807) is 0 Å². The highest BCUT2D eigenvalue weighted by atomic mass is 16.5. The summed E-state index contributed by atoms with van der Waals surface area (Å²) in [4.78, 5) is 14.0. The molecule has 0 aliphatic heterocycles. The van der Waals surface area contributed by atoms with E-state index >= 15 is 0 Å². The topological polar surface area (TPSA) is 62.2 Å². The van der Waals surface area contributed by atoms with Crippen molar-refractivity contribution in [1.82, 2.24) is 4.98 Å². The number of hydrogen-bond acceptors (Lipinski definition) is 4. The quantitative estimate of drug-likeness (QED) is 0.626. The number of carbonyl (C=O) groups is 1. The van der Waals surface area contributed by atoms with E-state index in [-0.39, 0.29) is 5.56 Å². The number of carboxylic acid groups (broad SMARTS) is 1. The van der Waals surface area contributed by atoms with Gasteiger partial charge in [0, 0.05) is 17.8 Å². The molecule has 0 aliphatic carbocycles. The third kappa shape index (κ3) is 1.95. The highest BCUT2D eigenvalue weighted by molar-refractivity contribution is 5.85. The average Bonchev–Trinajstić information content (AvgIpc) is 2.06. The van der Waals surface area contributed by atoms with E-state index in [2.05, 4.69) is 4.98 Å². The number of ether oxygens (including phenoxy) is 1. The lowest BCUT2D eigenvalue weighted by molar-refractivity contribution is -0.255. The fourth-order valence-corrected chi connectivity index (χ4v) is 0.734. The minimum atomic E-state index is -1.23. The Bertz CT molecular complexity index is 268. The predicted octanol–water partition coefficient (Wildman–Crippen LogP) is -0.156. The lowest BCUT2D eigenvalue weighted by atomic mass is 10.3. The van der Waals surface area contributed by atoms with Gasteiger partial charge in [0.1, 0.15) is 0 Å². The third-order valence-corrected chi connectivity index (χ3v) is 1.26. The lowest BCUT2D eigenvalue weighted by Gasteiger charge is -2.03. The van der Waals surface area contributed by atoms with Crippen LogP contribution in [0.25, 0.3) is 0 Å². The second kappa shape index (κ2) is 3.71. The lowest BCUT2D eigenvalue weighted by Crippen LogP contribution is -2.22. The van der Waals surface area contributed by atoms with Crippen LogP contribution in [0.2, 0.25) is 0 Å². The molecule has 0 spiro atoms. The standard InChI is InChI=1S/C8H9NO3/c1-2-12-7-4-3-6(5-9-7)8(10)11/h3-5H,2H2,1H3,(H,10,11)/p-1. The Kier molecular flexibility index (Phi) is 2.63. The van der Waals surface area contributed by atoms with Gasteiger partial charge in [0.05, 0.1) is 12.6 Å². The van der Waals surface area contributed by atoms with Crippen LogP contribution < -0.4 is 9.84 Å². The summed E-state index contributed by atoms with van der Waals surface area (Å²) < 4.78 is 5.02. The molecule has 0 unspecified atom stereocenters. The van der Waals surface area contributed by atoms with Gasteiger partial charge in [0.2, 0.25) is 5.88 Å². The van der Waals surface area contributed by atoms with E-state index in [9.17, 15) is 9.90 Å². The van der Waals surface area contributed by atoms with E-state index in [4.69, 9.17) is 4.74 Å². The Balaban J connectivity index is 2.78. The molecule has 1 rings (SSSR count). The van der Waals surface area contributed by atoms with Gasteiger partial charge in [0.15, 0.2) is 0 Å². The van der Waals surface area contributed by atoms with Crippen molar-refractivity contribution in [3.05, 3.63) is 23.9 Å². The van der Waals surface area contributed by atoms with Crippen molar-refractivity contribution in [2.75, 3.05) is 6.61 Å². The van der Waals surface area contributed by atoms with Crippen LogP contribution in [0.1, 0.15) is 17.3 Å². The maximum absolute atomic E-state index is 10.3. The van der Waals surface area contributed by atoms with Crippen LogP contribution in [0.4, 0.5) is 0 Å². The van der Waals surface area contributed by atoms with E-state index in [0.29, 0.717) is 12.5 Å². The number of aromatic carboxylic acids is 1. The smallest absolute Gasteiger partial charge is 0.213 e. The summed E-state index contributed by atoms with van der Waals surface area (Å²) in [5.74, 6) is -0.812. The second-order valence-electron chi connectivity index (χ2n) is 2.11. The third-order valence-electron chi connectivity index (χ3n) is 1.26. The molecule has 4 heteroatoms. The summed E-state index contributed by atoms with van der Waals surface area (Å²) >= 11 is 0. The Morgan fingerprint density at radius 2 is 2.42 bits per heavy atom. The van der Waals surface area contributed by atoms with Crippen molar-refractivity contribution < 1.29 is 14.6 Å². The van der Waals surface area contributed by atoms with Crippen LogP contribution >= 0.6 is 0 Å².